The van der Waals surface area contributed by atoms with Gasteiger partial charge >= 0.3 is 46.4 Å². The van der Waals surface area contributed by atoms with Crippen LogP contribution in [0.25, 0.3) is 21.5 Å². The molecule has 0 unspecified atom stereocenters. The molecular formula is C91H93N9O27. The number of likely N-dealkylation sites (N-methyl/N-ethyl adjacent to an activating group) is 3. The van der Waals surface area contributed by atoms with E-state index in [0.717, 1.165) is 90.0 Å². The fraction of sp³-hybridized carbons (Fsp3) is 0.176. The smallest absolute Gasteiger partial charge is 0.346 e. The number of carboxylic acid groups (broad SMARTS) is 3. The number of carbonyl (C=O) groups excluding carboxylic acids is 10. The Hall–Kier alpha value is -16.5. The van der Waals surface area contributed by atoms with Gasteiger partial charge in [0, 0.05) is 83.9 Å². The minimum absolute atomic E-state index is 0.0181. The molecule has 0 aliphatic rings. The first-order chi connectivity index (χ1) is 60.3. The summed E-state index contributed by atoms with van der Waals surface area (Å²) < 4.78 is 44.6. The van der Waals surface area contributed by atoms with Crippen molar-refractivity contribution >= 4 is 110 Å². The van der Waals surface area contributed by atoms with Gasteiger partial charge in [0.05, 0.1) is 78.4 Å². The molecule has 0 fully saturated rings. The number of esters is 3. The van der Waals surface area contributed by atoms with Crippen LogP contribution in [0.2, 0.25) is 0 Å². The van der Waals surface area contributed by atoms with Crippen LogP contribution >= 0.6 is 0 Å². The molecule has 0 spiro atoms. The Morgan fingerprint density at radius 1 is 0.425 bits per heavy atom. The number of rotatable bonds is 29. The first-order valence-corrected chi connectivity index (χ1v) is 37.9. The summed E-state index contributed by atoms with van der Waals surface area (Å²) in [5.41, 5.74) is 9.04. The number of nitrogens with one attached hydrogen (secondary N) is 6. The third-order valence-corrected chi connectivity index (χ3v) is 16.7. The summed E-state index contributed by atoms with van der Waals surface area (Å²) >= 11 is 0. The van der Waals surface area contributed by atoms with Crippen LogP contribution in [-0.2, 0) is 33.4 Å². The number of quaternary nitrogens is 2. The Balaban J connectivity index is 0.000000280. The van der Waals surface area contributed by atoms with E-state index < -0.39 is 91.9 Å². The second-order valence-corrected chi connectivity index (χ2v) is 27.2. The molecule has 0 radical (unpaired) electrons. The lowest BCUT2D eigenvalue weighted by atomic mass is 9.97. The van der Waals surface area contributed by atoms with Crippen molar-refractivity contribution in [3.63, 3.8) is 0 Å². The molecule has 0 saturated carbocycles. The highest BCUT2D eigenvalue weighted by Gasteiger charge is 2.25. The number of nitrogens with zero attached hydrogens (tertiary/aromatic N) is 1. The number of anilines is 4. The predicted octanol–water partition coefficient (Wildman–Crippen LogP) is 4.89. The van der Waals surface area contributed by atoms with Gasteiger partial charge in [-0.3, -0.25) is 24.0 Å². The highest BCUT2D eigenvalue weighted by Crippen LogP contribution is 2.30. The first kappa shape index (κ1) is 101. The van der Waals surface area contributed by atoms with Gasteiger partial charge in [-0.15, -0.1) is 0 Å². The third kappa shape index (κ3) is 33.5. The van der Waals surface area contributed by atoms with Crippen molar-refractivity contribution in [2.75, 3.05) is 118 Å². The number of hydrogen-bond donors (Lipinski definition) is 9. The quantitative estimate of drug-likeness (QED) is 0.00990. The monoisotopic (exact) mass is 1740 g/mol. The number of nitrogens with two attached hydrogens (primary N) is 2. The van der Waals surface area contributed by atoms with Crippen molar-refractivity contribution in [3.8, 4) is 40.2 Å². The Morgan fingerprint density at radius 2 is 0.717 bits per heavy atom. The molecule has 11 N–H and O–H groups in total. The molecule has 36 heteroatoms. The molecule has 9 aromatic carbocycles. The number of ether oxygens (including phenoxy) is 7. The molecule has 4 amide bonds. The zero-order valence-electron chi connectivity index (χ0n) is 70.7. The Kier molecular flexibility index (Phi) is 40.4. The van der Waals surface area contributed by atoms with E-state index in [4.69, 9.17) is 44.6 Å². The zero-order chi connectivity index (χ0) is 94.1. The number of hydrogen-bond acceptors (Lipinski definition) is 29. The summed E-state index contributed by atoms with van der Waals surface area (Å²) in [4.78, 5) is 176. The summed E-state index contributed by atoms with van der Waals surface area (Å²) in [5.74, 6) is -5.59. The number of furan rings is 2. The van der Waals surface area contributed by atoms with Gasteiger partial charge in [0.2, 0.25) is 0 Å². The summed E-state index contributed by atoms with van der Waals surface area (Å²) in [6.07, 6.45) is 3.51. The van der Waals surface area contributed by atoms with Crippen LogP contribution in [0, 0.1) is 13.8 Å². The van der Waals surface area contributed by atoms with E-state index in [9.17, 15) is 87.2 Å². The zero-order valence-corrected chi connectivity index (χ0v) is 70.7. The minimum Gasteiger partial charge on any atom is -0.545 e. The maximum atomic E-state index is 12.8. The van der Waals surface area contributed by atoms with Crippen molar-refractivity contribution in [2.24, 2.45) is 0 Å². The maximum absolute atomic E-state index is 12.8. The average Bonchev–Trinajstić information content (AvgIpc) is 1.63. The molecule has 0 bridgehead atoms. The number of benzene rings is 9. The van der Waals surface area contributed by atoms with Crippen molar-refractivity contribution in [2.45, 2.75) is 13.8 Å². The van der Waals surface area contributed by atoms with E-state index in [1.807, 2.05) is 134 Å². The lowest BCUT2D eigenvalue weighted by Gasteiger charge is -2.17. The molecule has 11 aromatic rings. The number of carboxylic acids is 3. The van der Waals surface area contributed by atoms with Crippen molar-refractivity contribution < 1.29 is 120 Å². The molecule has 36 nitrogen and oxygen atoms in total. The van der Waals surface area contributed by atoms with Crippen LogP contribution in [0.4, 0.5) is 22.7 Å². The van der Waals surface area contributed by atoms with Gasteiger partial charge in [-0.05, 0) is 186 Å². The largest absolute Gasteiger partial charge is 0.545 e. The molecule has 664 valence electrons. The molecular weight excluding hydrogens is 1650 g/mol. The van der Waals surface area contributed by atoms with E-state index >= 15 is 0 Å². The van der Waals surface area contributed by atoms with Crippen LogP contribution in [0.3, 0.4) is 0 Å². The maximum Gasteiger partial charge on any atom is 0.346 e. The Bertz CT molecular complexity index is 5660. The fourth-order valence-electron chi connectivity index (χ4n) is 10.0. The summed E-state index contributed by atoms with van der Waals surface area (Å²) in [6.45, 7) is 17.6. The summed E-state index contributed by atoms with van der Waals surface area (Å²) in [7, 11) is 14.4. The highest BCUT2D eigenvalue weighted by molar-refractivity contribution is 6.15. The minimum atomic E-state index is -1.78. The van der Waals surface area contributed by atoms with Gasteiger partial charge in [-0.1, -0.05) is 55.1 Å². The highest BCUT2D eigenvalue weighted by atomic mass is 16.5. The second kappa shape index (κ2) is 50.7. The normalized spacial score (nSPS) is 10.1. The fourth-order valence-corrected chi connectivity index (χ4v) is 10.0. The van der Waals surface area contributed by atoms with E-state index in [0.29, 0.717) is 60.3 Å². The van der Waals surface area contributed by atoms with Crippen LogP contribution in [0.1, 0.15) is 83.6 Å². The average molecular weight is 1740 g/mol. The second-order valence-electron chi connectivity index (χ2n) is 27.2. The van der Waals surface area contributed by atoms with Gasteiger partial charge in [0.15, 0.2) is 0 Å². The van der Waals surface area contributed by atoms with Gasteiger partial charge < -0.3 is 114 Å². The number of nitrogen functional groups attached to an aromatic ring is 2. The van der Waals surface area contributed by atoms with Gasteiger partial charge in [-0.2, -0.15) is 0 Å². The van der Waals surface area contributed by atoms with Crippen molar-refractivity contribution in [1.82, 2.24) is 15.5 Å². The number of aromatic carboxylic acids is 3. The van der Waals surface area contributed by atoms with E-state index in [1.165, 1.54) is 48.2 Å². The summed E-state index contributed by atoms with van der Waals surface area (Å²) in [6, 6.07) is 48.0. The van der Waals surface area contributed by atoms with Gasteiger partial charge in [-0.25, -0.2) is 38.4 Å². The molecule has 0 aliphatic heterocycles. The molecule has 0 aliphatic carbocycles. The number of amides is 4. The number of carbonyl (C=O) groups is 11. The standard InChI is InChI=1S/2C24H20N2O7.C12H12N2O.C10H2O6.3C7H13NO2/c1-14-3-7-16(8-4-14)33-17-9-5-15(6-10-17)26-23(29)18-11-20(22(28)25-2)21(32-13-27)12-19(18)24(30)31;1-13-3-7-15(8-4-13)33-16-9-5-14(6-10-16)26-22(28)18-11-17(21(27)25-2)19(23(29)30)12-20(18)24(31)32;13-9-1-5-11(6-2-9)15-12-7-3-10(14)4-8-12;11-7-3-1-4-6(10(14)16-8(4)12)2-5(3)9(13)15-7;3*1-4-7(9)10-6-5-8(2)3/h3-13H,1-2H3,(H,25,28)(H,26,29)(H,30,31);3-12H,1-2H3,(H,25,27)(H,26,28)(H,29,30)(H,31,32);1-8H,13-14H2;1-2H;3*4H,1,5-6H2,2-3H3. The molecule has 2 aromatic heterocycles. The van der Waals surface area contributed by atoms with Gasteiger partial charge in [0.25, 0.3) is 30.1 Å². The van der Waals surface area contributed by atoms with Crippen molar-refractivity contribution in [1.29, 1.82) is 0 Å². The third-order valence-electron chi connectivity index (χ3n) is 16.7. The van der Waals surface area contributed by atoms with E-state index in [1.54, 1.807) is 60.7 Å². The van der Waals surface area contributed by atoms with Crippen LogP contribution in [0.5, 0.6) is 40.2 Å². The molecule has 0 saturated heterocycles. The van der Waals surface area contributed by atoms with Gasteiger partial charge in [0.1, 0.15) is 73.2 Å². The Labute approximate surface area is 726 Å². The first-order valence-electron chi connectivity index (χ1n) is 37.9. The van der Waals surface area contributed by atoms with Crippen LogP contribution < -0.4 is 94.2 Å². The van der Waals surface area contributed by atoms with Crippen LogP contribution in [0.15, 0.2) is 248 Å². The summed E-state index contributed by atoms with van der Waals surface area (Å²) in [5, 5.41) is 42.0. The van der Waals surface area contributed by atoms with E-state index in [2.05, 4.69) is 49.8 Å². The number of aryl methyl sites for hydroxylation is 2. The molecule has 127 heavy (non-hydrogen) atoms. The topological polar surface area (TPSA) is 526 Å². The van der Waals surface area contributed by atoms with Crippen LogP contribution in [-0.4, -0.2) is 172 Å². The molecule has 11 rings (SSSR count). The number of fused-ring (bicyclic) bond motifs is 2. The lowest BCUT2D eigenvalue weighted by Crippen LogP contribution is -3.06. The molecule has 0 atom stereocenters. The Morgan fingerprint density at radius 3 is 1.02 bits per heavy atom. The molecule has 2 heterocycles. The van der Waals surface area contributed by atoms with Crippen molar-refractivity contribution in [3.05, 3.63) is 312 Å². The lowest BCUT2D eigenvalue weighted by molar-refractivity contribution is -0.858. The SMILES string of the molecule is C=CC(=O)OCCN(C)C.C=CC(=O)OCC[NH+](C)C.C=CC(=O)OCC[NH+](C)C.CNC(=O)c1cc(C(=O)Nc2ccc(Oc3ccc(C)cc3)cc2)c(C(=O)O)cc1OC=O.CNC(=O)c1cc(C(=O)Nc2ccc(Oc3ccc(C)cc3)cc2)c(C(=O)[O-])cc1C(=O)[O-].Nc1ccc(Oc2ccc(N)cc2)cc1.O=c1oc(=O)c2cc3c(=O)oc(=O)c3cc12. The van der Waals surface area contributed by atoms with E-state index in [-0.39, 0.29) is 62.8 Å². The predicted molar refractivity (Wildman–Crippen MR) is 466 cm³/mol.